The number of hydrogen-bond donors (Lipinski definition) is 1. The first-order chi connectivity index (χ1) is 9.60. The molecule has 5 nitrogen and oxygen atoms in total. The zero-order valence-corrected chi connectivity index (χ0v) is 13.9. The van der Waals surface area contributed by atoms with E-state index in [0.717, 1.165) is 11.3 Å². The molecule has 0 fully saturated rings. The minimum atomic E-state index is 0. The van der Waals surface area contributed by atoms with Gasteiger partial charge >= 0.3 is 0 Å². The minimum Gasteiger partial charge on any atom is -0.497 e. The van der Waals surface area contributed by atoms with E-state index >= 15 is 0 Å². The predicted octanol–water partition coefficient (Wildman–Crippen LogP) is 1.87. The number of carbonyl (C=O) groups is 1. The van der Waals surface area contributed by atoms with Crippen molar-refractivity contribution in [3.63, 3.8) is 0 Å². The lowest BCUT2D eigenvalue weighted by atomic mass is 10.1. The third-order valence-electron chi connectivity index (χ3n) is 3.33. The van der Waals surface area contributed by atoms with Crippen LogP contribution in [0.4, 0.5) is 0 Å². The van der Waals surface area contributed by atoms with Crippen molar-refractivity contribution < 1.29 is 14.3 Å². The summed E-state index contributed by atoms with van der Waals surface area (Å²) in [5.41, 5.74) is 1.08. The molecule has 6 heteroatoms. The van der Waals surface area contributed by atoms with E-state index in [1.165, 1.54) is 0 Å². The van der Waals surface area contributed by atoms with E-state index in [4.69, 9.17) is 9.47 Å². The molecule has 120 valence electrons. The molecule has 1 atom stereocenters. The number of nitrogens with zero attached hydrogens (tertiary/aromatic N) is 1. The van der Waals surface area contributed by atoms with Crippen LogP contribution in [0.2, 0.25) is 0 Å². The Morgan fingerprint density at radius 3 is 2.43 bits per heavy atom. The zero-order valence-electron chi connectivity index (χ0n) is 13.1. The maximum atomic E-state index is 12.0. The number of amides is 1. The number of hydrogen-bond acceptors (Lipinski definition) is 4. The van der Waals surface area contributed by atoms with Gasteiger partial charge in [0.25, 0.3) is 0 Å². The maximum Gasteiger partial charge on any atom is 0.236 e. The average Bonchev–Trinajstić information content (AvgIpc) is 2.50. The molecule has 1 rings (SSSR count). The minimum absolute atomic E-state index is 0. The van der Waals surface area contributed by atoms with E-state index in [2.05, 4.69) is 5.32 Å². The molecule has 1 unspecified atom stereocenters. The largest absolute Gasteiger partial charge is 0.497 e. The molecule has 0 bridgehead atoms. The summed E-state index contributed by atoms with van der Waals surface area (Å²) in [7, 11) is 5.09. The van der Waals surface area contributed by atoms with Crippen molar-refractivity contribution in [3.05, 3.63) is 29.8 Å². The van der Waals surface area contributed by atoms with Gasteiger partial charge in [-0.15, -0.1) is 12.4 Å². The molecule has 0 radical (unpaired) electrons. The van der Waals surface area contributed by atoms with Crippen LogP contribution in [0.25, 0.3) is 0 Å². The molecule has 1 amide bonds. The number of halogens is 1. The maximum absolute atomic E-state index is 12.0. The highest BCUT2D eigenvalue weighted by atomic mass is 35.5. The summed E-state index contributed by atoms with van der Waals surface area (Å²) < 4.78 is 10.1. The van der Waals surface area contributed by atoms with E-state index in [9.17, 15) is 4.79 Å². The summed E-state index contributed by atoms with van der Waals surface area (Å²) in [5.74, 6) is 0.876. The van der Waals surface area contributed by atoms with Crippen molar-refractivity contribution in [2.75, 3.05) is 41.0 Å². The topological polar surface area (TPSA) is 50.8 Å². The molecular formula is C15H25ClN2O3. The van der Waals surface area contributed by atoms with Crippen molar-refractivity contribution in [2.24, 2.45) is 0 Å². The Morgan fingerprint density at radius 2 is 1.90 bits per heavy atom. The van der Waals surface area contributed by atoms with Crippen LogP contribution in [0.1, 0.15) is 18.5 Å². The summed E-state index contributed by atoms with van der Waals surface area (Å²) in [6, 6.07) is 7.79. The van der Waals surface area contributed by atoms with E-state index in [0.29, 0.717) is 19.7 Å². The average molecular weight is 317 g/mol. The van der Waals surface area contributed by atoms with Gasteiger partial charge in [-0.05, 0) is 24.6 Å². The number of rotatable bonds is 8. The smallest absolute Gasteiger partial charge is 0.236 e. The lowest BCUT2D eigenvalue weighted by molar-refractivity contribution is -0.130. The Hall–Kier alpha value is -1.30. The van der Waals surface area contributed by atoms with Crippen molar-refractivity contribution in [1.82, 2.24) is 10.2 Å². The third kappa shape index (κ3) is 6.33. The molecule has 0 saturated heterocycles. The molecule has 0 heterocycles. The summed E-state index contributed by atoms with van der Waals surface area (Å²) in [6.07, 6.45) is 0. The second-order valence-electron chi connectivity index (χ2n) is 4.62. The van der Waals surface area contributed by atoms with E-state index in [-0.39, 0.29) is 24.4 Å². The van der Waals surface area contributed by atoms with Crippen molar-refractivity contribution in [1.29, 1.82) is 0 Å². The summed E-state index contributed by atoms with van der Waals surface area (Å²) >= 11 is 0. The third-order valence-corrected chi connectivity index (χ3v) is 3.33. The Labute approximate surface area is 133 Å². The van der Waals surface area contributed by atoms with Crippen LogP contribution >= 0.6 is 12.4 Å². The van der Waals surface area contributed by atoms with Crippen LogP contribution in [0.3, 0.4) is 0 Å². The summed E-state index contributed by atoms with van der Waals surface area (Å²) in [4.78, 5) is 13.8. The Morgan fingerprint density at radius 1 is 1.29 bits per heavy atom. The highest BCUT2D eigenvalue weighted by Gasteiger charge is 2.16. The van der Waals surface area contributed by atoms with Gasteiger partial charge in [-0.2, -0.15) is 0 Å². The molecule has 0 aromatic heterocycles. The quantitative estimate of drug-likeness (QED) is 0.744. The van der Waals surface area contributed by atoms with Crippen molar-refractivity contribution >= 4 is 18.3 Å². The lowest BCUT2D eigenvalue weighted by Crippen LogP contribution is -2.38. The molecule has 1 aromatic carbocycles. The van der Waals surface area contributed by atoms with Gasteiger partial charge in [0, 0.05) is 20.7 Å². The molecular weight excluding hydrogens is 292 g/mol. The van der Waals surface area contributed by atoms with Crippen LogP contribution in [-0.4, -0.2) is 51.8 Å². The molecule has 1 N–H and O–H groups in total. The number of ether oxygens (including phenoxy) is 2. The second-order valence-corrected chi connectivity index (χ2v) is 4.62. The number of nitrogens with one attached hydrogen (secondary N) is 1. The van der Waals surface area contributed by atoms with Gasteiger partial charge < -0.3 is 19.7 Å². The fourth-order valence-electron chi connectivity index (χ4n) is 1.82. The van der Waals surface area contributed by atoms with Gasteiger partial charge in [-0.3, -0.25) is 4.79 Å². The molecule has 0 aliphatic rings. The van der Waals surface area contributed by atoms with Gasteiger partial charge in [0.05, 0.1) is 26.3 Å². The van der Waals surface area contributed by atoms with Gasteiger partial charge in [0.15, 0.2) is 0 Å². The monoisotopic (exact) mass is 316 g/mol. The fourth-order valence-corrected chi connectivity index (χ4v) is 1.82. The van der Waals surface area contributed by atoms with Gasteiger partial charge in [0.2, 0.25) is 5.91 Å². The van der Waals surface area contributed by atoms with Crippen molar-refractivity contribution in [2.45, 2.75) is 13.0 Å². The number of benzene rings is 1. The highest BCUT2D eigenvalue weighted by molar-refractivity contribution is 5.85. The standard InChI is InChI=1S/C15H24N2O3.ClH/c1-12(13-5-7-14(20-4)8-6-13)17(2)15(18)11-16-9-10-19-3;/h5-8,12,16H,9-11H2,1-4H3;1H. The van der Waals surface area contributed by atoms with Crippen LogP contribution in [0, 0.1) is 0 Å². The van der Waals surface area contributed by atoms with E-state index in [1.807, 2.05) is 38.2 Å². The Kier molecular flexibility index (Phi) is 9.78. The molecule has 0 saturated carbocycles. The van der Waals surface area contributed by atoms with Crippen LogP contribution in [0.5, 0.6) is 5.75 Å². The van der Waals surface area contributed by atoms with Gasteiger partial charge in [0.1, 0.15) is 5.75 Å². The molecule has 0 aliphatic carbocycles. The summed E-state index contributed by atoms with van der Waals surface area (Å²) in [5, 5.41) is 3.06. The number of likely N-dealkylation sites (N-methyl/N-ethyl adjacent to an activating group) is 1. The van der Waals surface area contributed by atoms with E-state index in [1.54, 1.807) is 19.1 Å². The van der Waals surface area contributed by atoms with Crippen LogP contribution < -0.4 is 10.1 Å². The molecule has 1 aromatic rings. The highest BCUT2D eigenvalue weighted by Crippen LogP contribution is 2.21. The van der Waals surface area contributed by atoms with Gasteiger partial charge in [-0.25, -0.2) is 0 Å². The fraction of sp³-hybridized carbons (Fsp3) is 0.533. The van der Waals surface area contributed by atoms with Gasteiger partial charge in [-0.1, -0.05) is 12.1 Å². The van der Waals surface area contributed by atoms with Crippen LogP contribution in [-0.2, 0) is 9.53 Å². The summed E-state index contributed by atoms with van der Waals surface area (Å²) in [6.45, 7) is 3.60. The lowest BCUT2D eigenvalue weighted by Gasteiger charge is -2.25. The molecule has 0 spiro atoms. The Bertz CT molecular complexity index is 412. The Balaban J connectivity index is 0.00000400. The zero-order chi connectivity index (χ0) is 15.0. The first-order valence-electron chi connectivity index (χ1n) is 6.69. The SMILES string of the molecule is COCCNCC(=O)N(C)C(C)c1ccc(OC)cc1.Cl. The molecule has 21 heavy (non-hydrogen) atoms. The predicted molar refractivity (Wildman–Crippen MR) is 86.2 cm³/mol. The number of carbonyl (C=O) groups excluding carboxylic acids is 1. The first kappa shape index (κ1) is 19.7. The van der Waals surface area contributed by atoms with Crippen LogP contribution in [0.15, 0.2) is 24.3 Å². The number of methoxy groups -OCH3 is 2. The molecule has 0 aliphatic heterocycles. The second kappa shape index (κ2) is 10.4. The first-order valence-corrected chi connectivity index (χ1v) is 6.69. The normalized spacial score (nSPS) is 11.4. The van der Waals surface area contributed by atoms with E-state index < -0.39 is 0 Å². The van der Waals surface area contributed by atoms with Crippen molar-refractivity contribution in [3.8, 4) is 5.75 Å².